The van der Waals surface area contributed by atoms with E-state index >= 15 is 0 Å². The Balaban J connectivity index is 2.01. The molecule has 4 nitrogen and oxygen atoms in total. The van der Waals surface area contributed by atoms with Crippen molar-refractivity contribution in [1.29, 1.82) is 0 Å². The van der Waals surface area contributed by atoms with E-state index in [2.05, 4.69) is 22.1 Å². The van der Waals surface area contributed by atoms with Crippen molar-refractivity contribution in [2.45, 2.75) is 51.0 Å². The van der Waals surface area contributed by atoms with Crippen molar-refractivity contribution in [3.05, 3.63) is 11.6 Å². The van der Waals surface area contributed by atoms with Crippen molar-refractivity contribution in [3.8, 4) is 0 Å². The lowest BCUT2D eigenvalue weighted by atomic mass is 9.86. The van der Waals surface area contributed by atoms with Gasteiger partial charge in [0.2, 0.25) is 0 Å². The van der Waals surface area contributed by atoms with E-state index in [9.17, 15) is 0 Å². The molecular formula is C10H18N4. The molecule has 0 spiro atoms. The van der Waals surface area contributed by atoms with E-state index in [0.717, 1.165) is 43.8 Å². The number of rotatable bonds is 2. The normalized spacial score (nSPS) is 27.9. The molecule has 1 saturated carbocycles. The molecule has 0 aromatic carbocycles. The van der Waals surface area contributed by atoms with Gasteiger partial charge in [0.25, 0.3) is 0 Å². The van der Waals surface area contributed by atoms with Crippen LogP contribution in [0, 0.1) is 0 Å². The highest BCUT2D eigenvalue weighted by atomic mass is 15.2. The van der Waals surface area contributed by atoms with E-state index < -0.39 is 0 Å². The zero-order valence-corrected chi connectivity index (χ0v) is 8.66. The van der Waals surface area contributed by atoms with Gasteiger partial charge >= 0.3 is 0 Å². The van der Waals surface area contributed by atoms with Crippen molar-refractivity contribution in [2.75, 3.05) is 0 Å². The van der Waals surface area contributed by atoms with Crippen LogP contribution in [0.1, 0.15) is 50.2 Å². The molecule has 0 aliphatic heterocycles. The van der Waals surface area contributed by atoms with Crippen LogP contribution in [-0.2, 0) is 6.42 Å². The molecule has 4 heteroatoms. The monoisotopic (exact) mass is 194 g/mol. The van der Waals surface area contributed by atoms with E-state index in [-0.39, 0.29) is 0 Å². The van der Waals surface area contributed by atoms with Gasteiger partial charge in [-0.3, -0.25) is 5.10 Å². The van der Waals surface area contributed by atoms with Crippen LogP contribution in [0.4, 0.5) is 0 Å². The molecule has 1 heterocycles. The highest BCUT2D eigenvalue weighted by Gasteiger charge is 2.22. The molecule has 0 atom stereocenters. The number of hydrogen-bond acceptors (Lipinski definition) is 3. The molecule has 0 saturated heterocycles. The second-order valence-corrected chi connectivity index (χ2v) is 4.11. The molecule has 3 N–H and O–H groups in total. The Kier molecular flexibility index (Phi) is 2.82. The van der Waals surface area contributed by atoms with Crippen molar-refractivity contribution < 1.29 is 0 Å². The zero-order valence-electron chi connectivity index (χ0n) is 8.66. The molecule has 14 heavy (non-hydrogen) atoms. The third-order valence-corrected chi connectivity index (χ3v) is 3.02. The third kappa shape index (κ3) is 1.95. The summed E-state index contributed by atoms with van der Waals surface area (Å²) in [4.78, 5) is 4.47. The van der Waals surface area contributed by atoms with Gasteiger partial charge in [-0.15, -0.1) is 0 Å². The van der Waals surface area contributed by atoms with Gasteiger partial charge in [-0.05, 0) is 25.7 Å². The lowest BCUT2D eigenvalue weighted by Gasteiger charge is -2.23. The van der Waals surface area contributed by atoms with Crippen molar-refractivity contribution in [1.82, 2.24) is 15.2 Å². The molecule has 1 aliphatic carbocycles. The van der Waals surface area contributed by atoms with Crippen LogP contribution in [0.3, 0.4) is 0 Å². The molecule has 0 radical (unpaired) electrons. The Morgan fingerprint density at radius 2 is 2.07 bits per heavy atom. The topological polar surface area (TPSA) is 67.6 Å². The minimum absolute atomic E-state index is 0.399. The fourth-order valence-corrected chi connectivity index (χ4v) is 2.03. The Hall–Kier alpha value is -0.900. The van der Waals surface area contributed by atoms with Gasteiger partial charge in [0.1, 0.15) is 5.82 Å². The van der Waals surface area contributed by atoms with Crippen LogP contribution in [0.25, 0.3) is 0 Å². The summed E-state index contributed by atoms with van der Waals surface area (Å²) < 4.78 is 0. The van der Waals surface area contributed by atoms with Crippen LogP contribution < -0.4 is 5.73 Å². The van der Waals surface area contributed by atoms with E-state index in [1.54, 1.807) is 0 Å². The maximum absolute atomic E-state index is 5.86. The first-order valence-electron chi connectivity index (χ1n) is 5.46. The fourth-order valence-electron chi connectivity index (χ4n) is 2.03. The highest BCUT2D eigenvalue weighted by molar-refractivity contribution is 5.00. The molecule has 1 aromatic rings. The minimum Gasteiger partial charge on any atom is -0.328 e. The van der Waals surface area contributed by atoms with Gasteiger partial charge in [0, 0.05) is 18.4 Å². The Morgan fingerprint density at radius 3 is 2.64 bits per heavy atom. The summed E-state index contributed by atoms with van der Waals surface area (Å²) in [5.74, 6) is 2.52. The Labute approximate surface area is 84.3 Å². The first-order valence-corrected chi connectivity index (χ1v) is 5.46. The average Bonchev–Trinajstić information content (AvgIpc) is 2.67. The number of aryl methyl sites for hydroxylation is 1. The largest absolute Gasteiger partial charge is 0.328 e. The second kappa shape index (κ2) is 4.09. The first kappa shape index (κ1) is 9.65. The zero-order chi connectivity index (χ0) is 9.97. The molecule has 0 amide bonds. The van der Waals surface area contributed by atoms with Crippen LogP contribution in [0.2, 0.25) is 0 Å². The van der Waals surface area contributed by atoms with Crippen LogP contribution in [-0.4, -0.2) is 21.2 Å². The van der Waals surface area contributed by atoms with E-state index in [1.165, 1.54) is 0 Å². The summed E-state index contributed by atoms with van der Waals surface area (Å²) >= 11 is 0. The molecular weight excluding hydrogens is 176 g/mol. The van der Waals surface area contributed by atoms with Crippen molar-refractivity contribution >= 4 is 0 Å². The predicted molar refractivity (Wildman–Crippen MR) is 54.9 cm³/mol. The van der Waals surface area contributed by atoms with E-state index in [4.69, 9.17) is 5.73 Å². The van der Waals surface area contributed by atoms with Gasteiger partial charge in [-0.25, -0.2) is 4.98 Å². The van der Waals surface area contributed by atoms with Gasteiger partial charge in [0.15, 0.2) is 5.82 Å². The van der Waals surface area contributed by atoms with Crippen LogP contribution >= 0.6 is 0 Å². The van der Waals surface area contributed by atoms with E-state index in [0.29, 0.717) is 12.0 Å². The minimum atomic E-state index is 0.399. The standard InChI is InChI=1S/C10H18N4/c1-2-9-12-10(14-13-9)7-3-5-8(11)6-4-7/h7-8H,2-6,11H2,1H3,(H,12,13,14). The number of nitrogens with two attached hydrogens (primary N) is 1. The SMILES string of the molecule is CCc1nc(C2CCC(N)CC2)n[nH]1. The summed E-state index contributed by atoms with van der Waals surface area (Å²) in [6.45, 7) is 2.08. The van der Waals surface area contributed by atoms with Crippen molar-refractivity contribution in [2.24, 2.45) is 5.73 Å². The maximum Gasteiger partial charge on any atom is 0.153 e. The lowest BCUT2D eigenvalue weighted by Crippen LogP contribution is -2.26. The molecule has 78 valence electrons. The molecule has 2 rings (SSSR count). The molecule has 0 bridgehead atoms. The number of aromatic amines is 1. The summed E-state index contributed by atoms with van der Waals surface area (Å²) in [7, 11) is 0. The van der Waals surface area contributed by atoms with Gasteiger partial charge in [-0.1, -0.05) is 6.92 Å². The second-order valence-electron chi connectivity index (χ2n) is 4.11. The summed E-state index contributed by atoms with van der Waals surface area (Å²) in [5, 5.41) is 7.23. The number of aromatic nitrogens is 3. The maximum atomic E-state index is 5.86. The first-order chi connectivity index (χ1) is 6.79. The van der Waals surface area contributed by atoms with Crippen molar-refractivity contribution in [3.63, 3.8) is 0 Å². The average molecular weight is 194 g/mol. The Bertz CT molecular complexity index is 286. The molecule has 1 fully saturated rings. The fraction of sp³-hybridized carbons (Fsp3) is 0.800. The summed E-state index contributed by atoms with van der Waals surface area (Å²) in [6, 6.07) is 0.399. The molecule has 0 unspecified atom stereocenters. The molecule has 1 aliphatic rings. The van der Waals surface area contributed by atoms with Gasteiger partial charge in [0.05, 0.1) is 0 Å². The van der Waals surface area contributed by atoms with Gasteiger partial charge < -0.3 is 5.73 Å². The number of nitrogens with one attached hydrogen (secondary N) is 1. The summed E-state index contributed by atoms with van der Waals surface area (Å²) in [5.41, 5.74) is 5.86. The highest BCUT2D eigenvalue weighted by Crippen LogP contribution is 2.29. The molecule has 1 aromatic heterocycles. The summed E-state index contributed by atoms with van der Waals surface area (Å²) in [6.07, 6.45) is 5.44. The number of H-pyrrole nitrogens is 1. The smallest absolute Gasteiger partial charge is 0.153 e. The number of nitrogens with zero attached hydrogens (tertiary/aromatic N) is 2. The quantitative estimate of drug-likeness (QED) is 0.746. The lowest BCUT2D eigenvalue weighted by molar-refractivity contribution is 0.385. The van der Waals surface area contributed by atoms with Crippen LogP contribution in [0.15, 0.2) is 0 Å². The number of hydrogen-bond donors (Lipinski definition) is 2. The predicted octanol–water partition coefficient (Wildman–Crippen LogP) is 1.35. The van der Waals surface area contributed by atoms with Crippen LogP contribution in [0.5, 0.6) is 0 Å². The third-order valence-electron chi connectivity index (χ3n) is 3.02. The van der Waals surface area contributed by atoms with E-state index in [1.807, 2.05) is 0 Å². The van der Waals surface area contributed by atoms with Gasteiger partial charge in [-0.2, -0.15) is 5.10 Å². The Morgan fingerprint density at radius 1 is 1.36 bits per heavy atom.